The molecule has 1 spiro atoms. The van der Waals surface area contributed by atoms with Gasteiger partial charge in [-0.15, -0.1) is 0 Å². The molecule has 10 aromatic carbocycles. The Morgan fingerprint density at radius 2 is 0.682 bits per heavy atom. The van der Waals surface area contributed by atoms with Gasteiger partial charge in [-0.2, -0.15) is 0 Å². The van der Waals surface area contributed by atoms with Crippen molar-refractivity contribution in [3.63, 3.8) is 0 Å². The van der Waals surface area contributed by atoms with Gasteiger partial charge in [0.2, 0.25) is 0 Å². The molecule has 10 aromatic rings. The summed E-state index contributed by atoms with van der Waals surface area (Å²) in [4.78, 5) is 4.78. The summed E-state index contributed by atoms with van der Waals surface area (Å²) in [5.74, 6) is 0.292. The first-order valence-electron chi connectivity index (χ1n) is 23.2. The molecule has 12 rings (SSSR count). The normalized spacial score (nSPS) is 14.1. The first-order valence-corrected chi connectivity index (χ1v) is 23.2. The van der Waals surface area contributed by atoms with Gasteiger partial charge in [-0.05, 0) is 147 Å². The Hall–Kier alpha value is -8.20. The van der Waals surface area contributed by atoms with Gasteiger partial charge in [0.15, 0.2) is 0 Å². The number of hydrogen-bond donors (Lipinski definition) is 0. The van der Waals surface area contributed by atoms with Crippen molar-refractivity contribution in [1.82, 2.24) is 0 Å². The molecular formula is C64H48N2. The van der Waals surface area contributed by atoms with Crippen LogP contribution in [0.25, 0.3) is 22.3 Å². The average molecular weight is 845 g/mol. The predicted molar refractivity (Wildman–Crippen MR) is 275 cm³/mol. The second-order valence-corrected chi connectivity index (χ2v) is 17.6. The number of anilines is 6. The van der Waals surface area contributed by atoms with Crippen LogP contribution in [0.5, 0.6) is 0 Å². The zero-order valence-corrected chi connectivity index (χ0v) is 36.7. The van der Waals surface area contributed by atoms with E-state index in [1.165, 1.54) is 61.2 Å². The molecule has 2 nitrogen and oxygen atoms in total. The first kappa shape index (κ1) is 39.4. The summed E-state index contributed by atoms with van der Waals surface area (Å²) in [5, 5.41) is 0. The van der Waals surface area contributed by atoms with Gasteiger partial charge < -0.3 is 9.80 Å². The fourth-order valence-electron chi connectivity index (χ4n) is 11.1. The van der Waals surface area contributed by atoms with Gasteiger partial charge in [0, 0.05) is 40.0 Å². The molecule has 0 aliphatic heterocycles. The van der Waals surface area contributed by atoms with Gasteiger partial charge in [0.1, 0.15) is 0 Å². The van der Waals surface area contributed by atoms with Crippen molar-refractivity contribution in [2.45, 2.75) is 24.2 Å². The molecule has 314 valence electrons. The van der Waals surface area contributed by atoms with E-state index in [0.717, 1.165) is 47.0 Å². The summed E-state index contributed by atoms with van der Waals surface area (Å²) in [7, 11) is 0. The van der Waals surface area contributed by atoms with Crippen molar-refractivity contribution >= 4 is 34.1 Å². The smallest absolute Gasteiger partial charge is 0.0726 e. The van der Waals surface area contributed by atoms with Gasteiger partial charge in [-0.1, -0.05) is 188 Å². The standard InChI is InChI=1S/C64H48N2/c1-7-21-47(22-8-1)55(48-23-9-2-10-24-48)39-35-46-36-40-57-58-41-37-54(66(51-29-15-5-16-30-51)52-31-17-6-18-32-52)45-63(58)64(62(57)43-46)60-34-20-19-33-56(60)59-44-53(38-42-61(59)64)65(49-25-11-3-12-26-49)50-27-13-4-14-28-50/h1-34,36-38,40-45,55H,35,39H2. The third-order valence-electron chi connectivity index (χ3n) is 13.9. The van der Waals surface area contributed by atoms with Gasteiger partial charge in [0.05, 0.1) is 5.41 Å². The lowest BCUT2D eigenvalue weighted by atomic mass is 9.70. The van der Waals surface area contributed by atoms with Crippen LogP contribution in [-0.4, -0.2) is 0 Å². The van der Waals surface area contributed by atoms with Crippen molar-refractivity contribution in [1.29, 1.82) is 0 Å². The Labute approximate surface area is 388 Å². The third kappa shape index (κ3) is 6.64. The topological polar surface area (TPSA) is 6.48 Å². The highest BCUT2D eigenvalue weighted by atomic mass is 15.1. The van der Waals surface area contributed by atoms with Crippen molar-refractivity contribution < 1.29 is 0 Å². The van der Waals surface area contributed by atoms with E-state index < -0.39 is 5.41 Å². The van der Waals surface area contributed by atoms with Crippen LogP contribution in [0.1, 0.15) is 51.3 Å². The summed E-state index contributed by atoms with van der Waals surface area (Å²) >= 11 is 0. The van der Waals surface area contributed by atoms with E-state index in [2.05, 4.69) is 271 Å². The maximum atomic E-state index is 2.56. The minimum atomic E-state index is -0.553. The van der Waals surface area contributed by atoms with Crippen LogP contribution >= 0.6 is 0 Å². The first-order chi connectivity index (χ1) is 32.8. The fraction of sp³-hybridized carbons (Fsp3) is 0.0625. The Morgan fingerprint density at radius 3 is 1.21 bits per heavy atom. The molecule has 1 atom stereocenters. The maximum Gasteiger partial charge on any atom is 0.0726 e. The molecule has 0 amide bonds. The van der Waals surface area contributed by atoms with Crippen LogP contribution in [0.15, 0.2) is 261 Å². The lowest BCUT2D eigenvalue weighted by Crippen LogP contribution is -2.26. The molecule has 0 fully saturated rings. The summed E-state index contributed by atoms with van der Waals surface area (Å²) in [5.41, 5.74) is 20.7. The van der Waals surface area contributed by atoms with Crippen molar-refractivity contribution in [3.8, 4) is 22.3 Å². The number of benzene rings is 10. The average Bonchev–Trinajstić information content (AvgIpc) is 3.85. The van der Waals surface area contributed by atoms with Crippen LogP contribution in [-0.2, 0) is 11.8 Å². The van der Waals surface area contributed by atoms with E-state index in [0.29, 0.717) is 5.92 Å². The van der Waals surface area contributed by atoms with Gasteiger partial charge in [-0.3, -0.25) is 0 Å². The second kappa shape index (κ2) is 16.7. The molecule has 0 aromatic heterocycles. The molecule has 0 radical (unpaired) electrons. The summed E-state index contributed by atoms with van der Waals surface area (Å²) in [6, 6.07) is 96.1. The summed E-state index contributed by atoms with van der Waals surface area (Å²) in [6.45, 7) is 0. The van der Waals surface area contributed by atoms with E-state index in [9.17, 15) is 0 Å². The van der Waals surface area contributed by atoms with E-state index in [-0.39, 0.29) is 0 Å². The molecule has 66 heavy (non-hydrogen) atoms. The highest BCUT2D eigenvalue weighted by molar-refractivity contribution is 5.97. The summed E-state index contributed by atoms with van der Waals surface area (Å²) in [6.07, 6.45) is 1.96. The highest BCUT2D eigenvalue weighted by Crippen LogP contribution is 2.64. The molecule has 0 N–H and O–H groups in total. The molecule has 0 saturated heterocycles. The number of rotatable bonds is 11. The minimum absolute atomic E-state index is 0.292. The minimum Gasteiger partial charge on any atom is -0.310 e. The Kier molecular flexibility index (Phi) is 9.99. The number of hydrogen-bond acceptors (Lipinski definition) is 2. The molecule has 0 bridgehead atoms. The molecule has 1 unspecified atom stereocenters. The van der Waals surface area contributed by atoms with Crippen LogP contribution in [0.4, 0.5) is 34.1 Å². The van der Waals surface area contributed by atoms with Gasteiger partial charge in [-0.25, -0.2) is 0 Å². The SMILES string of the molecule is c1ccc(C(CCc2ccc3c(c2)C2(c4ccccc4-c4cc(N(c5ccccc5)c5ccccc5)ccc42)c2cc(N(c4ccccc4)c4ccccc4)ccc2-3)c2ccccc2)cc1. The van der Waals surface area contributed by atoms with Crippen LogP contribution < -0.4 is 9.80 Å². The van der Waals surface area contributed by atoms with E-state index in [1.54, 1.807) is 0 Å². The molecule has 2 aliphatic rings. The van der Waals surface area contributed by atoms with Crippen molar-refractivity contribution in [2.75, 3.05) is 9.80 Å². The van der Waals surface area contributed by atoms with Crippen molar-refractivity contribution in [3.05, 3.63) is 300 Å². The quantitative estimate of drug-likeness (QED) is 0.128. The van der Waals surface area contributed by atoms with E-state index in [4.69, 9.17) is 0 Å². The van der Waals surface area contributed by atoms with E-state index >= 15 is 0 Å². The number of aryl methyl sites for hydroxylation is 1. The Balaban J connectivity index is 1.06. The monoisotopic (exact) mass is 844 g/mol. The molecule has 2 heteroatoms. The number of fused-ring (bicyclic) bond motifs is 10. The maximum absolute atomic E-state index is 2.56. The summed E-state index contributed by atoms with van der Waals surface area (Å²) < 4.78 is 0. The lowest BCUT2D eigenvalue weighted by Gasteiger charge is -2.33. The molecule has 0 saturated carbocycles. The van der Waals surface area contributed by atoms with Crippen LogP contribution in [0.2, 0.25) is 0 Å². The predicted octanol–water partition coefficient (Wildman–Crippen LogP) is 16.7. The van der Waals surface area contributed by atoms with Gasteiger partial charge in [0.25, 0.3) is 0 Å². The van der Waals surface area contributed by atoms with Crippen LogP contribution in [0.3, 0.4) is 0 Å². The molecular weight excluding hydrogens is 797 g/mol. The number of nitrogens with zero attached hydrogens (tertiary/aromatic N) is 2. The van der Waals surface area contributed by atoms with Gasteiger partial charge >= 0.3 is 0 Å². The molecule has 0 heterocycles. The second-order valence-electron chi connectivity index (χ2n) is 17.6. The van der Waals surface area contributed by atoms with E-state index in [1.807, 2.05) is 0 Å². The third-order valence-corrected chi connectivity index (χ3v) is 13.9. The van der Waals surface area contributed by atoms with Crippen molar-refractivity contribution in [2.24, 2.45) is 0 Å². The Morgan fingerprint density at radius 1 is 0.288 bits per heavy atom. The van der Waals surface area contributed by atoms with Crippen LogP contribution in [0, 0.1) is 0 Å². The largest absolute Gasteiger partial charge is 0.310 e. The Bertz CT molecular complexity index is 3180. The lowest BCUT2D eigenvalue weighted by molar-refractivity contribution is 0.712. The zero-order chi connectivity index (χ0) is 43.9. The number of para-hydroxylation sites is 4. The fourth-order valence-corrected chi connectivity index (χ4v) is 11.1. The zero-order valence-electron chi connectivity index (χ0n) is 36.7. The highest BCUT2D eigenvalue weighted by Gasteiger charge is 2.52. The molecule has 2 aliphatic carbocycles.